The van der Waals surface area contributed by atoms with Crippen LogP contribution in [0.4, 0.5) is 0 Å². The first-order chi connectivity index (χ1) is 8.58. The van der Waals surface area contributed by atoms with E-state index in [0.717, 1.165) is 0 Å². The van der Waals surface area contributed by atoms with E-state index in [4.69, 9.17) is 0 Å². The molecule has 0 aliphatic carbocycles. The highest BCUT2D eigenvalue weighted by atomic mass is 16.6. The topological polar surface area (TPSA) is 94.3 Å². The van der Waals surface area contributed by atoms with Gasteiger partial charge in [-0.1, -0.05) is 5.21 Å². The van der Waals surface area contributed by atoms with Gasteiger partial charge in [0.15, 0.2) is 5.69 Å². The van der Waals surface area contributed by atoms with Crippen LogP contribution in [0.3, 0.4) is 0 Å². The van der Waals surface area contributed by atoms with Gasteiger partial charge in [-0.3, -0.25) is 0 Å². The molecule has 0 bridgehead atoms. The Morgan fingerprint density at radius 2 is 2.06 bits per heavy atom. The van der Waals surface area contributed by atoms with Crippen molar-refractivity contribution in [2.75, 3.05) is 0 Å². The Labute approximate surface area is 101 Å². The number of nitrogens with zero attached hydrogens (tertiary/aromatic N) is 3. The lowest BCUT2D eigenvalue weighted by Gasteiger charge is -2.06. The van der Waals surface area contributed by atoms with Crippen molar-refractivity contribution in [3.05, 3.63) is 35.2 Å². The van der Waals surface area contributed by atoms with Gasteiger partial charge in [0.2, 0.25) is 5.69 Å². The number of aromatic hydroxyl groups is 1. The maximum Gasteiger partial charge on any atom is 0.369 e. The van der Waals surface area contributed by atoms with Gasteiger partial charge in [-0.05, 0) is 30.7 Å². The number of hydrogen-bond acceptors (Lipinski definition) is 6. The van der Waals surface area contributed by atoms with Crippen LogP contribution in [0.5, 0.6) is 5.75 Å². The van der Waals surface area contributed by atoms with Crippen molar-refractivity contribution in [1.29, 1.82) is 0 Å². The summed E-state index contributed by atoms with van der Waals surface area (Å²) in [5.41, 5.74) is 1.16. The summed E-state index contributed by atoms with van der Waals surface area (Å²) >= 11 is 0. The Bertz CT molecular complexity index is 690. The molecule has 0 radical (unpaired) electrons. The summed E-state index contributed by atoms with van der Waals surface area (Å²) in [6, 6.07) is 4.56. The molecule has 18 heavy (non-hydrogen) atoms. The number of phenols is 1. The number of phenolic OH excluding ortho intramolecular Hbond substituents is 1. The van der Waals surface area contributed by atoms with E-state index in [1.165, 1.54) is 16.8 Å². The lowest BCUT2D eigenvalue weighted by molar-refractivity contribution is 0.0434. The first kappa shape index (κ1) is 10.5. The first-order valence-electron chi connectivity index (χ1n) is 5.10. The van der Waals surface area contributed by atoms with E-state index in [0.29, 0.717) is 11.3 Å². The number of benzene rings is 1. The third-order valence-electron chi connectivity index (χ3n) is 2.65. The second-order valence-electron chi connectivity index (χ2n) is 3.85. The average Bonchev–Trinajstić information content (AvgIpc) is 2.83. The van der Waals surface area contributed by atoms with E-state index < -0.39 is 11.9 Å². The highest BCUT2D eigenvalue weighted by Gasteiger charge is 2.37. The summed E-state index contributed by atoms with van der Waals surface area (Å²) in [4.78, 5) is 22.8. The molecule has 90 valence electrons. The van der Waals surface area contributed by atoms with Crippen LogP contribution in [0.2, 0.25) is 0 Å². The summed E-state index contributed by atoms with van der Waals surface area (Å²) in [6.45, 7) is 1.74. The molecule has 0 spiro atoms. The molecule has 0 amide bonds. The van der Waals surface area contributed by atoms with Gasteiger partial charge in [0.1, 0.15) is 5.75 Å². The minimum absolute atomic E-state index is 0.00814. The normalized spacial score (nSPS) is 13.6. The van der Waals surface area contributed by atoms with E-state index in [-0.39, 0.29) is 17.1 Å². The smallest absolute Gasteiger partial charge is 0.369 e. The lowest BCUT2D eigenvalue weighted by Crippen LogP contribution is -2.09. The van der Waals surface area contributed by atoms with Crippen molar-refractivity contribution < 1.29 is 19.4 Å². The minimum atomic E-state index is -0.794. The number of cyclic esters (lactones) is 2. The van der Waals surface area contributed by atoms with E-state index in [1.807, 2.05) is 0 Å². The first-order valence-corrected chi connectivity index (χ1v) is 5.10. The zero-order valence-corrected chi connectivity index (χ0v) is 9.25. The molecular formula is C11H7N3O4. The quantitative estimate of drug-likeness (QED) is 0.583. The fraction of sp³-hybridized carbons (Fsp3) is 0.0909. The molecule has 7 heteroatoms. The summed E-state index contributed by atoms with van der Waals surface area (Å²) in [6.07, 6.45) is 0. The number of carbonyl (C=O) groups is 2. The second-order valence-corrected chi connectivity index (χ2v) is 3.85. The number of aryl methyl sites for hydroxylation is 1. The van der Waals surface area contributed by atoms with E-state index in [9.17, 15) is 14.7 Å². The third kappa shape index (κ3) is 1.30. The zero-order valence-electron chi connectivity index (χ0n) is 9.25. The van der Waals surface area contributed by atoms with Gasteiger partial charge in [0.05, 0.1) is 5.69 Å². The van der Waals surface area contributed by atoms with Gasteiger partial charge in [0, 0.05) is 0 Å². The number of esters is 2. The molecule has 3 rings (SSSR count). The molecular weight excluding hydrogens is 238 g/mol. The SMILES string of the molecule is Cc1cc(O)ccc1-n1nnc2c1C(=O)OC2=O. The minimum Gasteiger partial charge on any atom is -0.508 e. The number of hydrogen-bond donors (Lipinski definition) is 1. The van der Waals surface area contributed by atoms with Crippen LogP contribution in [0.25, 0.3) is 5.69 Å². The molecule has 0 fully saturated rings. The molecule has 1 aliphatic heterocycles. The van der Waals surface area contributed by atoms with Crippen molar-refractivity contribution in [3.8, 4) is 11.4 Å². The van der Waals surface area contributed by atoms with Crippen molar-refractivity contribution >= 4 is 11.9 Å². The molecule has 0 unspecified atom stereocenters. The van der Waals surface area contributed by atoms with Gasteiger partial charge in [0.25, 0.3) is 0 Å². The maximum absolute atomic E-state index is 11.5. The standard InChI is InChI=1S/C11H7N3O4/c1-5-4-6(15)2-3-7(5)14-9-8(12-13-14)10(16)18-11(9)17/h2-4,15H,1H3. The van der Waals surface area contributed by atoms with Crippen molar-refractivity contribution in [3.63, 3.8) is 0 Å². The molecule has 1 aromatic heterocycles. The van der Waals surface area contributed by atoms with Gasteiger partial charge in [-0.15, -0.1) is 5.10 Å². The van der Waals surface area contributed by atoms with Crippen LogP contribution in [0, 0.1) is 6.92 Å². The summed E-state index contributed by atoms with van der Waals surface area (Å²) in [7, 11) is 0. The van der Waals surface area contributed by atoms with E-state index in [2.05, 4.69) is 15.0 Å². The molecule has 0 saturated carbocycles. The summed E-state index contributed by atoms with van der Waals surface area (Å²) in [5.74, 6) is -1.46. The van der Waals surface area contributed by atoms with Crippen LogP contribution >= 0.6 is 0 Å². The third-order valence-corrected chi connectivity index (χ3v) is 2.65. The predicted molar refractivity (Wildman–Crippen MR) is 57.5 cm³/mol. The largest absolute Gasteiger partial charge is 0.508 e. The molecule has 7 nitrogen and oxygen atoms in total. The molecule has 0 atom stereocenters. The Kier molecular flexibility index (Phi) is 1.97. The predicted octanol–water partition coefficient (Wildman–Crippen LogP) is 0.592. The Hall–Kier alpha value is -2.70. The number of ether oxygens (including phenoxy) is 1. The molecule has 1 aromatic carbocycles. The van der Waals surface area contributed by atoms with E-state index in [1.54, 1.807) is 13.0 Å². The van der Waals surface area contributed by atoms with Crippen LogP contribution < -0.4 is 0 Å². The highest BCUT2D eigenvalue weighted by Crippen LogP contribution is 2.24. The fourth-order valence-electron chi connectivity index (χ4n) is 1.83. The number of rotatable bonds is 1. The molecule has 2 heterocycles. The molecule has 0 saturated heterocycles. The maximum atomic E-state index is 11.5. The number of fused-ring (bicyclic) bond motifs is 1. The van der Waals surface area contributed by atoms with Crippen LogP contribution in [0.1, 0.15) is 26.5 Å². The average molecular weight is 245 g/mol. The number of carbonyl (C=O) groups excluding carboxylic acids is 2. The Balaban J connectivity index is 2.23. The van der Waals surface area contributed by atoms with Gasteiger partial charge in [-0.2, -0.15) is 0 Å². The van der Waals surface area contributed by atoms with Crippen molar-refractivity contribution in [2.24, 2.45) is 0 Å². The van der Waals surface area contributed by atoms with Crippen molar-refractivity contribution in [1.82, 2.24) is 15.0 Å². The van der Waals surface area contributed by atoms with Crippen molar-refractivity contribution in [2.45, 2.75) is 6.92 Å². The van der Waals surface area contributed by atoms with E-state index >= 15 is 0 Å². The van der Waals surface area contributed by atoms with Gasteiger partial charge >= 0.3 is 11.9 Å². The Morgan fingerprint density at radius 1 is 1.28 bits per heavy atom. The van der Waals surface area contributed by atoms with Gasteiger partial charge in [-0.25, -0.2) is 14.3 Å². The van der Waals surface area contributed by atoms with Crippen LogP contribution in [-0.4, -0.2) is 32.0 Å². The molecule has 1 aliphatic rings. The zero-order chi connectivity index (χ0) is 12.9. The Morgan fingerprint density at radius 3 is 2.78 bits per heavy atom. The second kappa shape index (κ2) is 3.39. The molecule has 2 aromatic rings. The van der Waals surface area contributed by atoms with Crippen LogP contribution in [0.15, 0.2) is 18.2 Å². The lowest BCUT2D eigenvalue weighted by atomic mass is 10.2. The summed E-state index contributed by atoms with van der Waals surface area (Å²) < 4.78 is 5.68. The molecule has 1 N–H and O–H groups in total. The highest BCUT2D eigenvalue weighted by molar-refractivity contribution is 6.12. The fourth-order valence-corrected chi connectivity index (χ4v) is 1.83. The van der Waals surface area contributed by atoms with Gasteiger partial charge < -0.3 is 9.84 Å². The monoisotopic (exact) mass is 245 g/mol. The number of aromatic nitrogens is 3. The summed E-state index contributed by atoms with van der Waals surface area (Å²) in [5, 5.41) is 16.7. The van der Waals surface area contributed by atoms with Crippen LogP contribution in [-0.2, 0) is 4.74 Å².